The number of anilines is 1. The van der Waals surface area contributed by atoms with Crippen molar-refractivity contribution in [3.63, 3.8) is 0 Å². The van der Waals surface area contributed by atoms with Crippen LogP contribution in [0.4, 0.5) is 5.69 Å². The molecular weight excluding hydrogens is 380 g/mol. The second-order valence-electron chi connectivity index (χ2n) is 9.90. The van der Waals surface area contributed by atoms with Gasteiger partial charge in [0.15, 0.2) is 6.10 Å². The van der Waals surface area contributed by atoms with E-state index < -0.39 is 12.1 Å². The smallest absolute Gasteiger partial charge is 0.341 e. The first-order chi connectivity index (χ1) is 14.4. The first-order valence-corrected chi connectivity index (χ1v) is 11.3. The molecule has 4 saturated carbocycles. The Morgan fingerprint density at radius 3 is 2.33 bits per heavy atom. The van der Waals surface area contributed by atoms with Crippen molar-refractivity contribution < 1.29 is 19.1 Å². The van der Waals surface area contributed by atoms with Gasteiger partial charge >= 0.3 is 5.97 Å². The number of para-hydroxylation sites is 1. The number of ether oxygens (including phenoxy) is 1. The Balaban J connectivity index is 1.26. The third kappa shape index (κ3) is 3.50. The van der Waals surface area contributed by atoms with Crippen LogP contribution in [0.5, 0.6) is 0 Å². The average molecular weight is 411 g/mol. The highest BCUT2D eigenvalue weighted by molar-refractivity contribution is 6.04. The molecule has 1 aromatic carbocycles. The largest absolute Gasteiger partial charge is 0.449 e. The maximum absolute atomic E-state index is 12.9. The molecule has 5 aliphatic rings. The number of nitrogens with one attached hydrogen (secondary N) is 1. The number of hydrogen-bond donors (Lipinski definition) is 1. The highest BCUT2D eigenvalue weighted by atomic mass is 16.5. The Bertz CT molecular complexity index is 844. The number of nitrogens with zero attached hydrogens (tertiary/aromatic N) is 1. The maximum Gasteiger partial charge on any atom is 0.341 e. The lowest BCUT2D eigenvalue weighted by atomic mass is 9.53. The summed E-state index contributed by atoms with van der Waals surface area (Å²) in [5.74, 6) is 1.46. The molecule has 30 heavy (non-hydrogen) atoms. The van der Waals surface area contributed by atoms with E-state index in [1.165, 1.54) is 19.3 Å². The van der Waals surface area contributed by atoms with E-state index in [1.807, 2.05) is 0 Å². The van der Waals surface area contributed by atoms with Crippen molar-refractivity contribution in [2.45, 2.75) is 69.9 Å². The molecule has 6 heteroatoms. The lowest BCUT2D eigenvalue weighted by Crippen LogP contribution is -2.61. The summed E-state index contributed by atoms with van der Waals surface area (Å²) < 4.78 is 5.56. The molecule has 1 heterocycles. The summed E-state index contributed by atoms with van der Waals surface area (Å²) in [7, 11) is 0. The Hall–Kier alpha value is -2.37. The molecule has 6 rings (SSSR count). The van der Waals surface area contributed by atoms with Crippen molar-refractivity contribution in [2.75, 3.05) is 11.4 Å². The van der Waals surface area contributed by atoms with E-state index in [-0.39, 0.29) is 17.4 Å². The van der Waals surface area contributed by atoms with Gasteiger partial charge in [0.1, 0.15) is 0 Å². The molecule has 1 aliphatic heterocycles. The molecule has 1 atom stereocenters. The summed E-state index contributed by atoms with van der Waals surface area (Å²) >= 11 is 0. The zero-order valence-electron chi connectivity index (χ0n) is 17.6. The van der Waals surface area contributed by atoms with Crippen molar-refractivity contribution in [1.82, 2.24) is 5.32 Å². The van der Waals surface area contributed by atoms with E-state index in [2.05, 4.69) is 5.32 Å². The van der Waals surface area contributed by atoms with Crippen LogP contribution < -0.4 is 10.2 Å². The van der Waals surface area contributed by atoms with Gasteiger partial charge in [0.05, 0.1) is 11.3 Å². The number of esters is 1. The molecule has 6 nitrogen and oxygen atoms in total. The summed E-state index contributed by atoms with van der Waals surface area (Å²) in [6, 6.07) is 6.98. The van der Waals surface area contributed by atoms with Gasteiger partial charge in [0.2, 0.25) is 5.91 Å². The summed E-state index contributed by atoms with van der Waals surface area (Å²) in [5.41, 5.74) is 0.799. The van der Waals surface area contributed by atoms with Crippen molar-refractivity contribution >= 4 is 23.5 Å². The zero-order valence-corrected chi connectivity index (χ0v) is 17.6. The Morgan fingerprint density at radius 2 is 1.73 bits per heavy atom. The van der Waals surface area contributed by atoms with Gasteiger partial charge in [-0.3, -0.25) is 9.59 Å². The number of benzene rings is 1. The quantitative estimate of drug-likeness (QED) is 0.755. The van der Waals surface area contributed by atoms with Gasteiger partial charge in [-0.1, -0.05) is 12.1 Å². The molecule has 0 aromatic heterocycles. The van der Waals surface area contributed by atoms with E-state index in [9.17, 15) is 14.4 Å². The van der Waals surface area contributed by atoms with E-state index >= 15 is 0 Å². The molecule has 160 valence electrons. The van der Waals surface area contributed by atoms with Crippen LogP contribution in [0.1, 0.15) is 68.6 Å². The molecule has 1 N–H and O–H groups in total. The van der Waals surface area contributed by atoms with Crippen LogP contribution in [0.2, 0.25) is 0 Å². The fourth-order valence-electron chi connectivity index (χ4n) is 6.69. The molecule has 1 aromatic rings. The molecule has 0 unspecified atom stereocenters. The Labute approximate surface area is 177 Å². The standard InChI is InChI=1S/C24H30N2O4/c1-15(22(28)25-24-12-16-9-17(13-24)11-18(10-16)14-24)30-23(29)19-5-2-3-6-20(19)26-8-4-7-21(26)27/h2-3,5-6,15-18H,4,7-14H2,1H3,(H,25,28)/t15-,16?,17?,18?,24?/m1/s1. The van der Waals surface area contributed by atoms with E-state index in [0.717, 1.165) is 43.4 Å². The van der Waals surface area contributed by atoms with Gasteiger partial charge in [-0.15, -0.1) is 0 Å². The van der Waals surface area contributed by atoms with Gasteiger partial charge < -0.3 is 15.0 Å². The summed E-state index contributed by atoms with van der Waals surface area (Å²) in [6.07, 6.45) is 7.53. The third-order valence-electron chi connectivity index (χ3n) is 7.57. The second-order valence-corrected chi connectivity index (χ2v) is 9.90. The summed E-state index contributed by atoms with van der Waals surface area (Å²) in [4.78, 5) is 39.6. The maximum atomic E-state index is 12.9. The van der Waals surface area contributed by atoms with Gasteiger partial charge in [-0.05, 0) is 81.8 Å². The van der Waals surface area contributed by atoms with Gasteiger partial charge in [-0.2, -0.15) is 0 Å². The fraction of sp³-hybridized carbons (Fsp3) is 0.625. The number of carbonyl (C=O) groups is 3. The predicted octanol–water partition coefficient (Wildman–Crippen LogP) is 3.44. The normalized spacial score (nSPS) is 32.9. The highest BCUT2D eigenvalue weighted by Gasteiger charge is 2.51. The first-order valence-electron chi connectivity index (χ1n) is 11.3. The Morgan fingerprint density at radius 1 is 1.10 bits per heavy atom. The topological polar surface area (TPSA) is 75.7 Å². The SMILES string of the molecule is C[C@@H](OC(=O)c1ccccc1N1CCCC1=O)C(=O)NC12CC3CC(CC(C3)C1)C2. The monoisotopic (exact) mass is 410 g/mol. The van der Waals surface area contributed by atoms with Crippen molar-refractivity contribution in [3.8, 4) is 0 Å². The molecule has 2 amide bonds. The molecule has 4 bridgehead atoms. The fourth-order valence-corrected chi connectivity index (χ4v) is 6.69. The first kappa shape index (κ1) is 19.6. The van der Waals surface area contributed by atoms with E-state index in [4.69, 9.17) is 4.74 Å². The van der Waals surface area contributed by atoms with Crippen LogP contribution in [0, 0.1) is 17.8 Å². The number of carbonyl (C=O) groups excluding carboxylic acids is 3. The number of amides is 2. The average Bonchev–Trinajstić information content (AvgIpc) is 3.12. The van der Waals surface area contributed by atoms with Crippen LogP contribution in [0.15, 0.2) is 24.3 Å². The molecule has 0 radical (unpaired) electrons. The zero-order chi connectivity index (χ0) is 20.9. The number of hydrogen-bond acceptors (Lipinski definition) is 4. The van der Waals surface area contributed by atoms with Crippen LogP contribution in [-0.4, -0.2) is 36.0 Å². The molecule has 1 saturated heterocycles. The van der Waals surface area contributed by atoms with E-state index in [0.29, 0.717) is 24.2 Å². The lowest BCUT2D eigenvalue weighted by Gasteiger charge is -2.57. The molecular formula is C24H30N2O4. The van der Waals surface area contributed by atoms with Crippen molar-refractivity contribution in [1.29, 1.82) is 0 Å². The van der Waals surface area contributed by atoms with E-state index in [1.54, 1.807) is 36.1 Å². The highest BCUT2D eigenvalue weighted by Crippen LogP contribution is 2.55. The van der Waals surface area contributed by atoms with Crippen LogP contribution in [0.25, 0.3) is 0 Å². The minimum atomic E-state index is -0.868. The molecule has 5 fully saturated rings. The number of rotatable bonds is 5. The van der Waals surface area contributed by atoms with Crippen LogP contribution in [-0.2, 0) is 14.3 Å². The Kier molecular flexibility index (Phi) is 4.83. The van der Waals surface area contributed by atoms with Crippen molar-refractivity contribution in [3.05, 3.63) is 29.8 Å². The minimum absolute atomic E-state index is 0.0165. The van der Waals surface area contributed by atoms with Gasteiger partial charge in [0.25, 0.3) is 5.91 Å². The molecule has 0 spiro atoms. The van der Waals surface area contributed by atoms with Gasteiger partial charge in [0, 0.05) is 18.5 Å². The van der Waals surface area contributed by atoms with Crippen molar-refractivity contribution in [2.24, 2.45) is 17.8 Å². The molecule has 4 aliphatic carbocycles. The second kappa shape index (κ2) is 7.40. The lowest BCUT2D eigenvalue weighted by molar-refractivity contribution is -0.134. The minimum Gasteiger partial charge on any atom is -0.449 e. The summed E-state index contributed by atoms with van der Waals surface area (Å²) in [6.45, 7) is 2.24. The third-order valence-corrected chi connectivity index (χ3v) is 7.57. The summed E-state index contributed by atoms with van der Waals surface area (Å²) in [5, 5.41) is 3.28. The predicted molar refractivity (Wildman–Crippen MR) is 112 cm³/mol. The van der Waals surface area contributed by atoms with Crippen LogP contribution in [0.3, 0.4) is 0 Å². The van der Waals surface area contributed by atoms with Crippen LogP contribution >= 0.6 is 0 Å². The van der Waals surface area contributed by atoms with Gasteiger partial charge in [-0.25, -0.2) is 4.79 Å².